The van der Waals surface area contributed by atoms with Gasteiger partial charge >= 0.3 is 5.97 Å². The van der Waals surface area contributed by atoms with E-state index in [9.17, 15) is 9.90 Å². The third-order valence-corrected chi connectivity index (χ3v) is 2.91. The number of esters is 1. The first-order valence-corrected chi connectivity index (χ1v) is 5.72. The Kier molecular flexibility index (Phi) is 3.76. The summed E-state index contributed by atoms with van der Waals surface area (Å²) >= 11 is 0. The highest BCUT2D eigenvalue weighted by atomic mass is 16.5. The molecular formula is C13H17NO3. The maximum Gasteiger partial charge on any atom is 0.309 e. The SMILES string of the molecule is COC(=O)Cc1cccc(CN2CC(O)C2)c1. The van der Waals surface area contributed by atoms with Crippen LogP contribution >= 0.6 is 0 Å². The number of carbonyl (C=O) groups excluding carboxylic acids is 1. The summed E-state index contributed by atoms with van der Waals surface area (Å²) in [5, 5.41) is 9.20. The molecule has 1 heterocycles. The molecule has 2 rings (SSSR count). The summed E-state index contributed by atoms with van der Waals surface area (Å²) in [6.45, 7) is 2.30. The second-order valence-electron chi connectivity index (χ2n) is 4.42. The Labute approximate surface area is 101 Å². The topological polar surface area (TPSA) is 49.8 Å². The van der Waals surface area contributed by atoms with Gasteiger partial charge in [0, 0.05) is 19.6 Å². The van der Waals surface area contributed by atoms with Crippen LogP contribution in [0.15, 0.2) is 24.3 Å². The summed E-state index contributed by atoms with van der Waals surface area (Å²) in [6.07, 6.45) is 0.140. The third-order valence-electron chi connectivity index (χ3n) is 2.91. The molecule has 17 heavy (non-hydrogen) atoms. The average Bonchev–Trinajstić information content (AvgIpc) is 2.27. The van der Waals surface area contributed by atoms with Gasteiger partial charge in [-0.05, 0) is 11.1 Å². The zero-order valence-corrected chi connectivity index (χ0v) is 9.93. The predicted molar refractivity (Wildman–Crippen MR) is 63.4 cm³/mol. The van der Waals surface area contributed by atoms with Gasteiger partial charge in [-0.3, -0.25) is 9.69 Å². The summed E-state index contributed by atoms with van der Waals surface area (Å²) < 4.78 is 4.64. The molecule has 0 spiro atoms. The smallest absolute Gasteiger partial charge is 0.309 e. The maximum atomic E-state index is 11.2. The lowest BCUT2D eigenvalue weighted by atomic mass is 10.1. The molecule has 4 heteroatoms. The van der Waals surface area contributed by atoms with Gasteiger partial charge in [-0.1, -0.05) is 24.3 Å². The number of likely N-dealkylation sites (tertiary alicyclic amines) is 1. The molecule has 1 fully saturated rings. The Hall–Kier alpha value is -1.39. The number of rotatable bonds is 4. The van der Waals surface area contributed by atoms with Gasteiger partial charge in [0.25, 0.3) is 0 Å². The zero-order chi connectivity index (χ0) is 12.3. The van der Waals surface area contributed by atoms with Crippen molar-refractivity contribution < 1.29 is 14.6 Å². The van der Waals surface area contributed by atoms with Crippen molar-refractivity contribution in [2.24, 2.45) is 0 Å². The third kappa shape index (κ3) is 3.28. The number of nitrogens with zero attached hydrogens (tertiary/aromatic N) is 1. The Bertz CT molecular complexity index is 399. The van der Waals surface area contributed by atoms with Crippen molar-refractivity contribution in [2.45, 2.75) is 19.1 Å². The van der Waals surface area contributed by atoms with Crippen LogP contribution in [0.1, 0.15) is 11.1 Å². The van der Waals surface area contributed by atoms with Crippen LogP contribution in [0.2, 0.25) is 0 Å². The van der Waals surface area contributed by atoms with E-state index in [-0.39, 0.29) is 12.1 Å². The van der Waals surface area contributed by atoms with Crippen LogP contribution in [-0.4, -0.2) is 42.3 Å². The molecule has 1 N–H and O–H groups in total. The molecule has 1 aliphatic rings. The lowest BCUT2D eigenvalue weighted by molar-refractivity contribution is -0.139. The van der Waals surface area contributed by atoms with Gasteiger partial charge < -0.3 is 9.84 Å². The lowest BCUT2D eigenvalue weighted by Gasteiger charge is -2.35. The summed E-state index contributed by atoms with van der Waals surface area (Å²) in [4.78, 5) is 13.3. The van der Waals surface area contributed by atoms with Crippen molar-refractivity contribution in [3.05, 3.63) is 35.4 Å². The highest BCUT2D eigenvalue weighted by Gasteiger charge is 2.23. The summed E-state index contributed by atoms with van der Waals surface area (Å²) in [5.41, 5.74) is 2.13. The molecule has 0 atom stereocenters. The van der Waals surface area contributed by atoms with E-state index in [1.54, 1.807) is 0 Å². The Morgan fingerprint density at radius 3 is 2.82 bits per heavy atom. The molecule has 0 unspecified atom stereocenters. The predicted octanol–water partition coefficient (Wildman–Crippen LogP) is 0.579. The van der Waals surface area contributed by atoms with Crippen LogP contribution in [0.3, 0.4) is 0 Å². The summed E-state index contributed by atoms with van der Waals surface area (Å²) in [6, 6.07) is 7.92. The van der Waals surface area contributed by atoms with E-state index in [0.717, 1.165) is 25.2 Å². The molecule has 1 aliphatic heterocycles. The van der Waals surface area contributed by atoms with Crippen LogP contribution < -0.4 is 0 Å². The minimum atomic E-state index is -0.221. The fourth-order valence-corrected chi connectivity index (χ4v) is 2.01. The van der Waals surface area contributed by atoms with E-state index in [4.69, 9.17) is 0 Å². The number of hydrogen-bond donors (Lipinski definition) is 1. The van der Waals surface area contributed by atoms with E-state index in [1.807, 2.05) is 24.3 Å². The molecular weight excluding hydrogens is 218 g/mol. The molecule has 92 valence electrons. The number of ether oxygens (including phenoxy) is 1. The van der Waals surface area contributed by atoms with Gasteiger partial charge in [-0.2, -0.15) is 0 Å². The van der Waals surface area contributed by atoms with Crippen LogP contribution in [0.5, 0.6) is 0 Å². The Balaban J connectivity index is 1.94. The highest BCUT2D eigenvalue weighted by Crippen LogP contribution is 2.14. The zero-order valence-electron chi connectivity index (χ0n) is 9.93. The molecule has 0 bridgehead atoms. The van der Waals surface area contributed by atoms with Gasteiger partial charge in [0.2, 0.25) is 0 Å². The first-order valence-electron chi connectivity index (χ1n) is 5.72. The number of carbonyl (C=O) groups is 1. The second kappa shape index (κ2) is 5.29. The molecule has 1 aromatic rings. The molecule has 0 radical (unpaired) electrons. The Morgan fingerprint density at radius 1 is 1.47 bits per heavy atom. The number of hydrogen-bond acceptors (Lipinski definition) is 4. The molecule has 0 aliphatic carbocycles. The number of aliphatic hydroxyl groups excluding tert-OH is 1. The molecule has 0 aromatic heterocycles. The number of benzene rings is 1. The van der Waals surface area contributed by atoms with Gasteiger partial charge in [-0.15, -0.1) is 0 Å². The molecule has 0 amide bonds. The van der Waals surface area contributed by atoms with Crippen molar-refractivity contribution in [2.75, 3.05) is 20.2 Å². The summed E-state index contributed by atoms with van der Waals surface area (Å²) in [5.74, 6) is -0.221. The van der Waals surface area contributed by atoms with Crippen molar-refractivity contribution in [1.82, 2.24) is 4.90 Å². The number of methoxy groups -OCH3 is 1. The monoisotopic (exact) mass is 235 g/mol. The highest BCUT2D eigenvalue weighted by molar-refractivity contribution is 5.72. The minimum absolute atomic E-state index is 0.173. The molecule has 1 saturated heterocycles. The quantitative estimate of drug-likeness (QED) is 0.776. The number of aliphatic hydroxyl groups is 1. The summed E-state index contributed by atoms with van der Waals surface area (Å²) in [7, 11) is 1.40. The average molecular weight is 235 g/mol. The molecule has 4 nitrogen and oxygen atoms in total. The van der Waals surface area contributed by atoms with E-state index < -0.39 is 0 Å². The van der Waals surface area contributed by atoms with Crippen molar-refractivity contribution in [3.8, 4) is 0 Å². The van der Waals surface area contributed by atoms with Crippen molar-refractivity contribution in [1.29, 1.82) is 0 Å². The van der Waals surface area contributed by atoms with Crippen molar-refractivity contribution in [3.63, 3.8) is 0 Å². The fraction of sp³-hybridized carbons (Fsp3) is 0.462. The van der Waals surface area contributed by atoms with Crippen LogP contribution in [0.4, 0.5) is 0 Å². The van der Waals surface area contributed by atoms with Crippen molar-refractivity contribution >= 4 is 5.97 Å². The largest absolute Gasteiger partial charge is 0.469 e. The second-order valence-corrected chi connectivity index (χ2v) is 4.42. The first-order chi connectivity index (χ1) is 8.17. The van der Waals surface area contributed by atoms with E-state index in [2.05, 4.69) is 9.64 Å². The molecule has 1 aromatic carbocycles. The van der Waals surface area contributed by atoms with E-state index in [0.29, 0.717) is 6.42 Å². The van der Waals surface area contributed by atoms with E-state index >= 15 is 0 Å². The van der Waals surface area contributed by atoms with Crippen LogP contribution in [-0.2, 0) is 22.5 Å². The van der Waals surface area contributed by atoms with Gasteiger partial charge in [0.1, 0.15) is 0 Å². The fourth-order valence-electron chi connectivity index (χ4n) is 2.01. The van der Waals surface area contributed by atoms with Gasteiger partial charge in [0.05, 0.1) is 19.6 Å². The standard InChI is InChI=1S/C13H17NO3/c1-17-13(16)6-10-3-2-4-11(5-10)7-14-8-12(15)9-14/h2-5,12,15H,6-9H2,1H3. The minimum Gasteiger partial charge on any atom is -0.469 e. The van der Waals surface area contributed by atoms with E-state index in [1.165, 1.54) is 12.7 Å². The first kappa shape index (κ1) is 12.1. The van der Waals surface area contributed by atoms with Gasteiger partial charge in [0.15, 0.2) is 0 Å². The Morgan fingerprint density at radius 2 is 2.18 bits per heavy atom. The van der Waals surface area contributed by atoms with Crippen LogP contribution in [0, 0.1) is 0 Å². The molecule has 0 saturated carbocycles. The van der Waals surface area contributed by atoms with Gasteiger partial charge in [-0.25, -0.2) is 0 Å². The maximum absolute atomic E-state index is 11.2. The number of β-amino-alcohol motifs (C(OH)–C–C–N with tert-alkyl or cyclic N) is 1. The normalized spacial score (nSPS) is 16.6. The lowest BCUT2D eigenvalue weighted by Crippen LogP contribution is -2.49. The van der Waals surface area contributed by atoms with Crippen LogP contribution in [0.25, 0.3) is 0 Å².